The third kappa shape index (κ3) is 6.17. The number of imidazole rings is 1. The van der Waals surface area contributed by atoms with Crippen molar-refractivity contribution in [3.8, 4) is 22.7 Å². The normalized spacial score (nSPS) is 15.3. The van der Waals surface area contributed by atoms with Gasteiger partial charge < -0.3 is 24.6 Å². The summed E-state index contributed by atoms with van der Waals surface area (Å²) in [6.07, 6.45) is 0. The Balaban J connectivity index is 1.41. The minimum absolute atomic E-state index is 0.0854. The van der Waals surface area contributed by atoms with Gasteiger partial charge in [-0.1, -0.05) is 60.7 Å². The number of aryl methyl sites for hydroxylation is 1. The van der Waals surface area contributed by atoms with Crippen LogP contribution in [0.2, 0.25) is 0 Å². The van der Waals surface area contributed by atoms with Crippen molar-refractivity contribution in [3.63, 3.8) is 0 Å². The minimum atomic E-state index is -0.301. The fourth-order valence-electron chi connectivity index (χ4n) is 5.79. The van der Waals surface area contributed by atoms with Gasteiger partial charge >= 0.3 is 5.69 Å². The lowest BCUT2D eigenvalue weighted by molar-refractivity contribution is -0.137. The summed E-state index contributed by atoms with van der Waals surface area (Å²) in [5.41, 5.74) is 3.82. The molecule has 2 amide bonds. The Morgan fingerprint density at radius 1 is 0.864 bits per heavy atom. The number of amides is 2. The molecule has 1 aromatic heterocycles. The van der Waals surface area contributed by atoms with E-state index in [1.165, 1.54) is 0 Å². The molecule has 3 aromatic carbocycles. The molecule has 0 unspecified atom stereocenters. The van der Waals surface area contributed by atoms with Gasteiger partial charge in [-0.3, -0.25) is 18.7 Å². The Kier molecular flexibility index (Phi) is 8.90. The maximum Gasteiger partial charge on any atom is 0.334 e. The molecule has 2 fully saturated rings. The van der Waals surface area contributed by atoms with Crippen molar-refractivity contribution in [2.75, 3.05) is 59.1 Å². The van der Waals surface area contributed by atoms with Gasteiger partial charge in [0.15, 0.2) is 6.61 Å². The lowest BCUT2D eigenvalue weighted by Gasteiger charge is -2.28. The Labute approximate surface area is 256 Å². The first-order valence-corrected chi connectivity index (χ1v) is 15.1. The number of aromatic nitrogens is 2. The number of rotatable bonds is 8. The molecule has 228 valence electrons. The van der Waals surface area contributed by atoms with Crippen LogP contribution in [0.1, 0.15) is 21.6 Å². The average molecular weight is 596 g/mol. The molecule has 0 spiro atoms. The van der Waals surface area contributed by atoms with Gasteiger partial charge in [-0.2, -0.15) is 0 Å². The number of nitrogens with zero attached hydrogens (tertiary/aromatic N) is 4. The summed E-state index contributed by atoms with van der Waals surface area (Å²) in [5, 5.41) is 3.30. The second kappa shape index (κ2) is 13.3. The zero-order valence-electron chi connectivity index (χ0n) is 24.9. The molecule has 44 heavy (non-hydrogen) atoms. The predicted octanol–water partition coefficient (Wildman–Crippen LogP) is 2.95. The van der Waals surface area contributed by atoms with E-state index in [9.17, 15) is 14.4 Å². The Hall–Kier alpha value is -4.67. The van der Waals surface area contributed by atoms with Crippen molar-refractivity contribution in [1.82, 2.24) is 24.3 Å². The van der Waals surface area contributed by atoms with E-state index in [2.05, 4.69) is 5.32 Å². The van der Waals surface area contributed by atoms with Crippen molar-refractivity contribution in [2.45, 2.75) is 13.5 Å². The van der Waals surface area contributed by atoms with Crippen LogP contribution >= 0.6 is 0 Å². The molecule has 0 atom stereocenters. The second-order valence-electron chi connectivity index (χ2n) is 11.0. The molecule has 6 rings (SSSR count). The lowest BCUT2D eigenvalue weighted by atomic mass is 10.1. The lowest BCUT2D eigenvalue weighted by Crippen LogP contribution is -2.47. The molecular formula is C34H37N5O5. The summed E-state index contributed by atoms with van der Waals surface area (Å²) >= 11 is 0. The van der Waals surface area contributed by atoms with E-state index in [0.717, 1.165) is 22.4 Å². The first kappa shape index (κ1) is 29.4. The molecule has 4 aromatic rings. The molecule has 0 saturated carbocycles. The van der Waals surface area contributed by atoms with Gasteiger partial charge in [0.25, 0.3) is 11.8 Å². The van der Waals surface area contributed by atoms with Crippen LogP contribution in [-0.2, 0) is 16.1 Å². The number of hydrogen-bond acceptors (Lipinski definition) is 6. The highest BCUT2D eigenvalue weighted by Crippen LogP contribution is 2.29. The number of benzene rings is 3. The van der Waals surface area contributed by atoms with Crippen LogP contribution in [0.3, 0.4) is 0 Å². The van der Waals surface area contributed by atoms with E-state index in [1.54, 1.807) is 20.1 Å². The summed E-state index contributed by atoms with van der Waals surface area (Å²) < 4.78 is 14.5. The van der Waals surface area contributed by atoms with E-state index in [-0.39, 0.29) is 30.7 Å². The fraction of sp³-hybridized carbons (Fsp3) is 0.324. The maximum absolute atomic E-state index is 14.5. The quantitative estimate of drug-likeness (QED) is 0.337. The van der Waals surface area contributed by atoms with Crippen LogP contribution in [-0.4, -0.2) is 89.8 Å². The van der Waals surface area contributed by atoms with Crippen molar-refractivity contribution in [2.24, 2.45) is 0 Å². The highest BCUT2D eigenvalue weighted by Gasteiger charge is 2.31. The molecule has 0 radical (unpaired) electrons. The summed E-state index contributed by atoms with van der Waals surface area (Å²) in [4.78, 5) is 45.0. The number of para-hydroxylation sites is 1. The molecule has 2 saturated heterocycles. The molecule has 0 aliphatic carbocycles. The zero-order valence-corrected chi connectivity index (χ0v) is 24.9. The summed E-state index contributed by atoms with van der Waals surface area (Å²) in [6.45, 7) is 6.68. The number of hydrogen-bond donors (Lipinski definition) is 1. The van der Waals surface area contributed by atoms with Crippen molar-refractivity contribution < 1.29 is 19.1 Å². The summed E-state index contributed by atoms with van der Waals surface area (Å²) in [6, 6.07) is 24.7. The van der Waals surface area contributed by atoms with E-state index >= 15 is 0 Å². The van der Waals surface area contributed by atoms with E-state index < -0.39 is 0 Å². The summed E-state index contributed by atoms with van der Waals surface area (Å²) in [7, 11) is 0. The van der Waals surface area contributed by atoms with Crippen molar-refractivity contribution in [3.05, 3.63) is 106 Å². The highest BCUT2D eigenvalue weighted by atomic mass is 16.5. The molecule has 2 aliphatic rings. The largest absolute Gasteiger partial charge is 0.484 e. The van der Waals surface area contributed by atoms with Gasteiger partial charge in [0.2, 0.25) is 0 Å². The number of piperazine rings is 1. The molecule has 0 bridgehead atoms. The molecule has 1 N–H and O–H groups in total. The smallest absolute Gasteiger partial charge is 0.334 e. The predicted molar refractivity (Wildman–Crippen MR) is 167 cm³/mol. The van der Waals surface area contributed by atoms with E-state index in [4.69, 9.17) is 9.47 Å². The minimum Gasteiger partial charge on any atom is -0.484 e. The van der Waals surface area contributed by atoms with Crippen molar-refractivity contribution >= 4 is 11.8 Å². The molecule has 3 heterocycles. The maximum atomic E-state index is 14.5. The monoisotopic (exact) mass is 595 g/mol. The number of nitrogens with one attached hydrogen (secondary N) is 1. The first-order valence-electron chi connectivity index (χ1n) is 15.1. The first-order chi connectivity index (χ1) is 21.5. The Bertz CT molecular complexity index is 1680. The Morgan fingerprint density at radius 2 is 1.59 bits per heavy atom. The average Bonchev–Trinajstić information content (AvgIpc) is 3.35. The summed E-state index contributed by atoms with van der Waals surface area (Å²) in [5.74, 6) is 0.244. The van der Waals surface area contributed by atoms with Gasteiger partial charge in [-0.25, -0.2) is 4.79 Å². The van der Waals surface area contributed by atoms with Crippen LogP contribution in [0.25, 0.3) is 16.9 Å². The molecule has 2 aliphatic heterocycles. The number of morpholine rings is 1. The molecular weight excluding hydrogens is 558 g/mol. The van der Waals surface area contributed by atoms with Crippen molar-refractivity contribution in [1.29, 1.82) is 0 Å². The van der Waals surface area contributed by atoms with Gasteiger partial charge in [0, 0.05) is 44.8 Å². The van der Waals surface area contributed by atoms with Gasteiger partial charge in [-0.15, -0.1) is 0 Å². The SMILES string of the molecule is Cc1ccccc1-n1c(-c2ccccc2)c(C(=O)N2CCNCC2)n(Cc2cccc(OCC(=O)N3CCOCC3)c2)c1=O. The Morgan fingerprint density at radius 3 is 2.34 bits per heavy atom. The third-order valence-corrected chi connectivity index (χ3v) is 8.12. The topological polar surface area (TPSA) is 98.0 Å². The van der Waals surface area contributed by atoms with E-state index in [1.807, 2.05) is 84.6 Å². The van der Waals surface area contributed by atoms with Crippen LogP contribution < -0.4 is 15.7 Å². The molecule has 10 nitrogen and oxygen atoms in total. The van der Waals surface area contributed by atoms with Crippen LogP contribution in [0, 0.1) is 6.92 Å². The van der Waals surface area contributed by atoms with Crippen LogP contribution in [0.15, 0.2) is 83.7 Å². The number of carbonyl (C=O) groups excluding carboxylic acids is 2. The highest BCUT2D eigenvalue weighted by molar-refractivity contribution is 5.99. The number of ether oxygens (including phenoxy) is 2. The standard InChI is InChI=1S/C34H37N5O5/c1-25-8-5-6-13-29(25)39-31(27-10-3-2-4-11-27)32(33(41)37-16-14-35-15-17-37)38(34(39)42)23-26-9-7-12-28(22-26)44-24-30(40)36-18-20-43-21-19-36/h2-13,22,35H,14-21,23-24H2,1H3. The van der Waals surface area contributed by atoms with Crippen LogP contribution in [0.5, 0.6) is 5.75 Å². The third-order valence-electron chi connectivity index (χ3n) is 8.12. The van der Waals surface area contributed by atoms with Gasteiger partial charge in [0.05, 0.1) is 31.1 Å². The van der Waals surface area contributed by atoms with E-state index in [0.29, 0.717) is 69.6 Å². The van der Waals surface area contributed by atoms with Gasteiger partial charge in [-0.05, 0) is 36.2 Å². The second-order valence-corrected chi connectivity index (χ2v) is 11.0. The number of carbonyl (C=O) groups is 2. The van der Waals surface area contributed by atoms with Gasteiger partial charge in [0.1, 0.15) is 11.4 Å². The van der Waals surface area contributed by atoms with Crippen LogP contribution in [0.4, 0.5) is 0 Å². The molecule has 10 heteroatoms. The zero-order chi connectivity index (χ0) is 30.5. The fourth-order valence-corrected chi connectivity index (χ4v) is 5.79.